The minimum absolute atomic E-state index is 0.0130. The molecule has 1 aliphatic rings. The topological polar surface area (TPSA) is 64.3 Å². The maximum absolute atomic E-state index is 13.0. The normalized spacial score (nSPS) is 18.1. The molecule has 4 heteroatoms. The molecule has 0 aliphatic heterocycles. The first kappa shape index (κ1) is 18.5. The lowest BCUT2D eigenvalue weighted by atomic mass is 9.86. The van der Waals surface area contributed by atoms with E-state index in [1.54, 1.807) is 7.11 Å². The molecule has 0 aromatic heterocycles. The lowest BCUT2D eigenvalue weighted by molar-refractivity contribution is -0.127. The molecule has 138 valence electrons. The Kier molecular flexibility index (Phi) is 5.62. The molecule has 2 aromatic carbocycles. The molecule has 26 heavy (non-hydrogen) atoms. The van der Waals surface area contributed by atoms with E-state index in [-0.39, 0.29) is 23.4 Å². The van der Waals surface area contributed by atoms with Crippen LogP contribution in [-0.4, -0.2) is 13.0 Å². The molecule has 2 unspecified atom stereocenters. The van der Waals surface area contributed by atoms with Crippen molar-refractivity contribution in [2.24, 2.45) is 11.7 Å². The largest absolute Gasteiger partial charge is 0.497 e. The summed E-state index contributed by atoms with van der Waals surface area (Å²) in [5.74, 6) is 0.542. The van der Waals surface area contributed by atoms with Gasteiger partial charge in [0.2, 0.25) is 5.91 Å². The van der Waals surface area contributed by atoms with Crippen molar-refractivity contribution in [2.75, 3.05) is 7.11 Å². The fourth-order valence-corrected chi connectivity index (χ4v) is 3.85. The third-order valence-electron chi connectivity index (χ3n) is 5.60. The number of hydrogen-bond acceptors (Lipinski definition) is 3. The fourth-order valence-electron chi connectivity index (χ4n) is 3.85. The van der Waals surface area contributed by atoms with Crippen LogP contribution in [0.15, 0.2) is 54.6 Å². The molecule has 0 saturated heterocycles. The molecular formula is C22H28N2O2. The summed E-state index contributed by atoms with van der Waals surface area (Å²) in [4.78, 5) is 13.0. The highest BCUT2D eigenvalue weighted by atomic mass is 16.5. The number of nitrogens with two attached hydrogens (primary N) is 1. The standard InChI is InChI=1S/C22H28N2O2/c1-16(20(23)17-8-4-3-5-9-17)21(25)24-22(14-6-7-15-22)18-10-12-19(26-2)13-11-18/h3-5,8-13,16,20H,6-7,14-15,23H2,1-2H3,(H,24,25). The summed E-state index contributed by atoms with van der Waals surface area (Å²) in [6.45, 7) is 1.91. The third kappa shape index (κ3) is 3.75. The average Bonchev–Trinajstić information content (AvgIpc) is 3.17. The number of nitrogens with one attached hydrogen (secondary N) is 1. The summed E-state index contributed by atoms with van der Waals surface area (Å²) < 4.78 is 5.26. The Morgan fingerprint density at radius 2 is 1.69 bits per heavy atom. The van der Waals surface area contributed by atoms with Gasteiger partial charge in [-0.25, -0.2) is 0 Å². The summed E-state index contributed by atoms with van der Waals surface area (Å²) in [6.07, 6.45) is 4.15. The maximum Gasteiger partial charge on any atom is 0.225 e. The number of ether oxygens (including phenoxy) is 1. The minimum Gasteiger partial charge on any atom is -0.497 e. The molecule has 4 nitrogen and oxygen atoms in total. The van der Waals surface area contributed by atoms with Crippen LogP contribution in [0.4, 0.5) is 0 Å². The van der Waals surface area contributed by atoms with E-state index >= 15 is 0 Å². The number of hydrogen-bond donors (Lipinski definition) is 2. The second-order valence-corrected chi connectivity index (χ2v) is 7.23. The molecule has 0 heterocycles. The predicted octanol–water partition coefficient (Wildman–Crippen LogP) is 3.92. The van der Waals surface area contributed by atoms with Crippen LogP contribution in [0.3, 0.4) is 0 Å². The van der Waals surface area contributed by atoms with Crippen LogP contribution in [-0.2, 0) is 10.3 Å². The molecule has 1 amide bonds. The summed E-state index contributed by atoms with van der Waals surface area (Å²) >= 11 is 0. The van der Waals surface area contributed by atoms with E-state index in [9.17, 15) is 4.79 Å². The number of methoxy groups -OCH3 is 1. The van der Waals surface area contributed by atoms with Crippen molar-refractivity contribution in [3.05, 3.63) is 65.7 Å². The molecule has 2 aromatic rings. The summed E-state index contributed by atoms with van der Waals surface area (Å²) in [6, 6.07) is 17.5. The van der Waals surface area contributed by atoms with Crippen LogP contribution >= 0.6 is 0 Å². The van der Waals surface area contributed by atoms with Gasteiger partial charge in [0.15, 0.2) is 0 Å². The van der Waals surface area contributed by atoms with Crippen molar-refractivity contribution in [1.82, 2.24) is 5.32 Å². The van der Waals surface area contributed by atoms with Crippen molar-refractivity contribution in [3.8, 4) is 5.75 Å². The first-order valence-corrected chi connectivity index (χ1v) is 9.33. The maximum atomic E-state index is 13.0. The number of carbonyl (C=O) groups excluding carboxylic acids is 1. The molecule has 3 N–H and O–H groups in total. The van der Waals surface area contributed by atoms with Crippen LogP contribution in [0.25, 0.3) is 0 Å². The van der Waals surface area contributed by atoms with Gasteiger partial charge in [-0.15, -0.1) is 0 Å². The van der Waals surface area contributed by atoms with Gasteiger partial charge in [-0.3, -0.25) is 4.79 Å². The van der Waals surface area contributed by atoms with Crippen LogP contribution in [0.2, 0.25) is 0 Å². The number of benzene rings is 2. The van der Waals surface area contributed by atoms with E-state index in [0.717, 1.165) is 42.6 Å². The third-order valence-corrected chi connectivity index (χ3v) is 5.60. The zero-order valence-corrected chi connectivity index (χ0v) is 15.6. The molecule has 1 aliphatic carbocycles. The molecule has 1 saturated carbocycles. The van der Waals surface area contributed by atoms with Gasteiger partial charge in [0.1, 0.15) is 5.75 Å². The zero-order valence-electron chi connectivity index (χ0n) is 15.6. The van der Waals surface area contributed by atoms with Crippen LogP contribution in [0, 0.1) is 5.92 Å². The van der Waals surface area contributed by atoms with Gasteiger partial charge in [0, 0.05) is 6.04 Å². The second kappa shape index (κ2) is 7.92. The Bertz CT molecular complexity index is 722. The van der Waals surface area contributed by atoms with Crippen molar-refractivity contribution < 1.29 is 9.53 Å². The van der Waals surface area contributed by atoms with Gasteiger partial charge in [-0.05, 0) is 36.1 Å². The summed E-state index contributed by atoms with van der Waals surface area (Å²) in [5.41, 5.74) is 8.19. The summed E-state index contributed by atoms with van der Waals surface area (Å²) in [5, 5.41) is 3.34. The van der Waals surface area contributed by atoms with Crippen LogP contribution < -0.4 is 15.8 Å². The lowest BCUT2D eigenvalue weighted by Gasteiger charge is -2.33. The summed E-state index contributed by atoms with van der Waals surface area (Å²) in [7, 11) is 1.66. The molecule has 0 radical (unpaired) electrons. The lowest BCUT2D eigenvalue weighted by Crippen LogP contribution is -2.47. The number of carbonyl (C=O) groups is 1. The van der Waals surface area contributed by atoms with Gasteiger partial charge in [0.25, 0.3) is 0 Å². The molecule has 0 bridgehead atoms. The molecular weight excluding hydrogens is 324 g/mol. The highest BCUT2D eigenvalue weighted by Crippen LogP contribution is 2.39. The SMILES string of the molecule is COc1ccc(C2(NC(=O)C(C)C(N)c3ccccc3)CCCC2)cc1. The second-order valence-electron chi connectivity index (χ2n) is 7.23. The number of amides is 1. The van der Waals surface area contributed by atoms with Gasteiger partial charge in [-0.1, -0.05) is 62.2 Å². The molecule has 0 spiro atoms. The Morgan fingerprint density at radius 1 is 1.08 bits per heavy atom. The fraction of sp³-hybridized carbons (Fsp3) is 0.409. The van der Waals surface area contributed by atoms with E-state index in [1.807, 2.05) is 49.4 Å². The van der Waals surface area contributed by atoms with Crippen molar-refractivity contribution in [1.29, 1.82) is 0 Å². The van der Waals surface area contributed by atoms with Crippen LogP contribution in [0.5, 0.6) is 5.75 Å². The predicted molar refractivity (Wildman–Crippen MR) is 104 cm³/mol. The molecule has 3 rings (SSSR count). The Hall–Kier alpha value is -2.33. The first-order valence-electron chi connectivity index (χ1n) is 9.33. The Labute approximate surface area is 155 Å². The van der Waals surface area contributed by atoms with Gasteiger partial charge >= 0.3 is 0 Å². The van der Waals surface area contributed by atoms with E-state index < -0.39 is 0 Å². The molecule has 2 atom stereocenters. The van der Waals surface area contributed by atoms with Crippen molar-refractivity contribution in [2.45, 2.75) is 44.2 Å². The van der Waals surface area contributed by atoms with E-state index in [0.29, 0.717) is 0 Å². The monoisotopic (exact) mass is 352 g/mol. The van der Waals surface area contributed by atoms with Gasteiger partial charge in [0.05, 0.1) is 18.6 Å². The highest BCUT2D eigenvalue weighted by molar-refractivity contribution is 5.80. The number of rotatable bonds is 6. The molecule has 1 fully saturated rings. The van der Waals surface area contributed by atoms with Crippen molar-refractivity contribution in [3.63, 3.8) is 0 Å². The first-order chi connectivity index (χ1) is 12.6. The van der Waals surface area contributed by atoms with Crippen LogP contribution in [0.1, 0.15) is 49.8 Å². The Balaban J connectivity index is 1.77. The zero-order chi connectivity index (χ0) is 18.6. The van der Waals surface area contributed by atoms with E-state index in [2.05, 4.69) is 17.4 Å². The van der Waals surface area contributed by atoms with E-state index in [4.69, 9.17) is 10.5 Å². The Morgan fingerprint density at radius 3 is 2.27 bits per heavy atom. The van der Waals surface area contributed by atoms with Gasteiger partial charge < -0.3 is 15.8 Å². The average molecular weight is 352 g/mol. The minimum atomic E-state index is -0.314. The van der Waals surface area contributed by atoms with Crippen molar-refractivity contribution >= 4 is 5.91 Å². The smallest absolute Gasteiger partial charge is 0.225 e. The van der Waals surface area contributed by atoms with E-state index in [1.165, 1.54) is 0 Å². The highest BCUT2D eigenvalue weighted by Gasteiger charge is 2.38. The van der Waals surface area contributed by atoms with Gasteiger partial charge in [-0.2, -0.15) is 0 Å². The quantitative estimate of drug-likeness (QED) is 0.828.